The van der Waals surface area contributed by atoms with E-state index in [0.29, 0.717) is 23.4 Å². The van der Waals surface area contributed by atoms with Gasteiger partial charge in [0.1, 0.15) is 5.75 Å². The van der Waals surface area contributed by atoms with Crippen molar-refractivity contribution >= 4 is 22.5 Å². The summed E-state index contributed by atoms with van der Waals surface area (Å²) < 4.78 is 5.51. The third kappa shape index (κ3) is 4.10. The lowest BCUT2D eigenvalue weighted by atomic mass is 10.1. The van der Waals surface area contributed by atoms with Gasteiger partial charge >= 0.3 is 0 Å². The first kappa shape index (κ1) is 19.5. The summed E-state index contributed by atoms with van der Waals surface area (Å²) in [6, 6.07) is 25.8. The van der Waals surface area contributed by atoms with E-state index >= 15 is 0 Å². The van der Waals surface area contributed by atoms with E-state index in [1.165, 1.54) is 0 Å². The van der Waals surface area contributed by atoms with Crippen LogP contribution >= 0.6 is 0 Å². The predicted octanol–water partition coefficient (Wildman–Crippen LogP) is 4.77. The van der Waals surface area contributed by atoms with E-state index in [1.807, 2.05) is 79.7 Å². The molecule has 0 aliphatic rings. The number of hydrogen-bond acceptors (Lipinski definition) is 3. The molecule has 4 aromatic rings. The van der Waals surface area contributed by atoms with E-state index < -0.39 is 0 Å². The first-order chi connectivity index (χ1) is 14.7. The Kier molecular flexibility index (Phi) is 5.61. The number of rotatable bonds is 6. The van der Waals surface area contributed by atoms with Crippen LogP contribution in [0.5, 0.6) is 5.75 Å². The fourth-order valence-electron chi connectivity index (χ4n) is 3.39. The molecule has 5 heteroatoms. The van der Waals surface area contributed by atoms with Gasteiger partial charge in [0.05, 0.1) is 13.2 Å². The Balaban J connectivity index is 1.74. The van der Waals surface area contributed by atoms with Gasteiger partial charge in [-0.15, -0.1) is 0 Å². The van der Waals surface area contributed by atoms with Gasteiger partial charge in [0.15, 0.2) is 0 Å². The second-order valence-electron chi connectivity index (χ2n) is 6.90. The van der Waals surface area contributed by atoms with Gasteiger partial charge in [-0.3, -0.25) is 9.59 Å². The van der Waals surface area contributed by atoms with Crippen LogP contribution in [0.1, 0.15) is 22.8 Å². The van der Waals surface area contributed by atoms with Crippen LogP contribution in [-0.4, -0.2) is 17.5 Å². The third-order valence-electron chi connectivity index (χ3n) is 4.88. The molecule has 0 bridgehead atoms. The zero-order chi connectivity index (χ0) is 20.9. The van der Waals surface area contributed by atoms with Gasteiger partial charge in [-0.05, 0) is 60.8 Å². The van der Waals surface area contributed by atoms with Crippen LogP contribution in [0.3, 0.4) is 0 Å². The van der Waals surface area contributed by atoms with Crippen molar-refractivity contribution in [1.29, 1.82) is 0 Å². The summed E-state index contributed by atoms with van der Waals surface area (Å²) in [5, 5.41) is 0.922. The Bertz CT molecular complexity index is 1210. The molecule has 1 amide bonds. The number of pyridine rings is 1. The minimum absolute atomic E-state index is 0.155. The van der Waals surface area contributed by atoms with Gasteiger partial charge in [0, 0.05) is 22.3 Å². The smallest absolute Gasteiger partial charge is 0.258 e. The topological polar surface area (TPSA) is 62.4 Å². The van der Waals surface area contributed by atoms with Gasteiger partial charge in [-0.25, -0.2) is 0 Å². The maximum atomic E-state index is 13.3. The Hall–Kier alpha value is -3.86. The predicted molar refractivity (Wildman–Crippen MR) is 119 cm³/mol. The van der Waals surface area contributed by atoms with E-state index in [-0.39, 0.29) is 18.0 Å². The molecule has 0 saturated heterocycles. The van der Waals surface area contributed by atoms with Crippen LogP contribution in [0.25, 0.3) is 10.9 Å². The number of hydrogen-bond donors (Lipinski definition) is 1. The molecule has 5 nitrogen and oxygen atoms in total. The molecule has 0 radical (unpaired) electrons. The average molecular weight is 398 g/mol. The Morgan fingerprint density at radius 2 is 1.63 bits per heavy atom. The molecule has 3 aromatic carbocycles. The molecule has 4 rings (SSSR count). The minimum atomic E-state index is -0.203. The van der Waals surface area contributed by atoms with E-state index in [0.717, 1.165) is 16.7 Å². The van der Waals surface area contributed by atoms with Crippen LogP contribution in [0.4, 0.5) is 5.69 Å². The molecule has 150 valence electrons. The number of amides is 1. The number of ether oxygens (including phenoxy) is 1. The van der Waals surface area contributed by atoms with Crippen molar-refractivity contribution in [2.75, 3.05) is 11.5 Å². The Morgan fingerprint density at radius 3 is 2.37 bits per heavy atom. The number of carbonyl (C=O) groups is 1. The molecule has 1 aromatic heterocycles. The summed E-state index contributed by atoms with van der Waals surface area (Å²) in [5.74, 6) is 0.559. The van der Waals surface area contributed by atoms with Crippen molar-refractivity contribution < 1.29 is 9.53 Å². The van der Waals surface area contributed by atoms with Gasteiger partial charge in [-0.1, -0.05) is 36.4 Å². The van der Waals surface area contributed by atoms with Crippen molar-refractivity contribution in [2.45, 2.75) is 13.5 Å². The van der Waals surface area contributed by atoms with E-state index in [4.69, 9.17) is 4.74 Å². The molecular weight excluding hydrogens is 376 g/mol. The molecule has 0 spiro atoms. The highest BCUT2D eigenvalue weighted by atomic mass is 16.5. The number of anilines is 1. The number of fused-ring (bicyclic) bond motifs is 1. The van der Waals surface area contributed by atoms with Crippen molar-refractivity contribution in [3.8, 4) is 5.75 Å². The first-order valence-electron chi connectivity index (χ1n) is 9.86. The van der Waals surface area contributed by atoms with Crippen molar-refractivity contribution in [3.05, 3.63) is 106 Å². The number of aromatic nitrogens is 1. The monoisotopic (exact) mass is 398 g/mol. The van der Waals surface area contributed by atoms with Crippen molar-refractivity contribution in [2.24, 2.45) is 0 Å². The van der Waals surface area contributed by atoms with Crippen LogP contribution in [0, 0.1) is 0 Å². The van der Waals surface area contributed by atoms with Crippen LogP contribution in [0.2, 0.25) is 0 Å². The largest absolute Gasteiger partial charge is 0.494 e. The number of benzene rings is 3. The number of carbonyl (C=O) groups excluding carboxylic acids is 1. The molecule has 0 aliphatic carbocycles. The second kappa shape index (κ2) is 8.66. The quantitative estimate of drug-likeness (QED) is 0.509. The van der Waals surface area contributed by atoms with E-state index in [2.05, 4.69) is 4.98 Å². The molecule has 0 unspecified atom stereocenters. The lowest BCUT2D eigenvalue weighted by molar-refractivity contribution is 0.0985. The first-order valence-corrected chi connectivity index (χ1v) is 9.86. The lowest BCUT2D eigenvalue weighted by Crippen LogP contribution is -2.32. The Labute approximate surface area is 174 Å². The van der Waals surface area contributed by atoms with Gasteiger partial charge in [-0.2, -0.15) is 0 Å². The standard InChI is InChI=1S/C25H22N2O3/c1-2-30-22-14-12-21(13-15-22)27(25(29)18-8-4-3-5-9-18)17-20-16-19-10-6-7-11-23(19)26-24(20)28/h3-16H,2,17H2,1H3,(H,26,28). The number of nitrogens with zero attached hydrogens (tertiary/aromatic N) is 1. The summed E-state index contributed by atoms with van der Waals surface area (Å²) in [6.07, 6.45) is 0. The normalized spacial score (nSPS) is 10.7. The van der Waals surface area contributed by atoms with Gasteiger partial charge in [0.25, 0.3) is 11.5 Å². The van der Waals surface area contributed by atoms with Crippen LogP contribution in [-0.2, 0) is 6.54 Å². The molecule has 1 heterocycles. The number of H-pyrrole nitrogens is 1. The van der Waals surface area contributed by atoms with Crippen molar-refractivity contribution in [3.63, 3.8) is 0 Å². The molecule has 0 aliphatic heterocycles. The highest BCUT2D eigenvalue weighted by molar-refractivity contribution is 6.06. The highest BCUT2D eigenvalue weighted by Gasteiger charge is 2.20. The fraction of sp³-hybridized carbons (Fsp3) is 0.120. The summed E-state index contributed by atoms with van der Waals surface area (Å²) in [6.45, 7) is 2.64. The highest BCUT2D eigenvalue weighted by Crippen LogP contribution is 2.23. The Morgan fingerprint density at radius 1 is 0.933 bits per heavy atom. The van der Waals surface area contributed by atoms with E-state index in [1.54, 1.807) is 17.0 Å². The van der Waals surface area contributed by atoms with Crippen LogP contribution < -0.4 is 15.2 Å². The summed E-state index contributed by atoms with van der Waals surface area (Å²) in [5.41, 5.74) is 2.34. The minimum Gasteiger partial charge on any atom is -0.494 e. The molecule has 30 heavy (non-hydrogen) atoms. The maximum absolute atomic E-state index is 13.3. The molecule has 0 fully saturated rings. The summed E-state index contributed by atoms with van der Waals surface area (Å²) in [4.78, 5) is 30.5. The number of aromatic amines is 1. The number of para-hydroxylation sites is 1. The van der Waals surface area contributed by atoms with Gasteiger partial charge in [0.2, 0.25) is 0 Å². The molecule has 1 N–H and O–H groups in total. The molecular formula is C25H22N2O3. The van der Waals surface area contributed by atoms with Crippen LogP contribution in [0.15, 0.2) is 89.7 Å². The average Bonchev–Trinajstić information content (AvgIpc) is 2.79. The molecule has 0 atom stereocenters. The second-order valence-corrected chi connectivity index (χ2v) is 6.90. The lowest BCUT2D eigenvalue weighted by Gasteiger charge is -2.23. The van der Waals surface area contributed by atoms with E-state index in [9.17, 15) is 9.59 Å². The number of nitrogens with one attached hydrogen (secondary N) is 1. The zero-order valence-corrected chi connectivity index (χ0v) is 16.7. The van der Waals surface area contributed by atoms with Gasteiger partial charge < -0.3 is 14.6 Å². The third-order valence-corrected chi connectivity index (χ3v) is 4.88. The summed E-state index contributed by atoms with van der Waals surface area (Å²) >= 11 is 0. The molecule has 0 saturated carbocycles. The SMILES string of the molecule is CCOc1ccc(N(Cc2cc3ccccc3[nH]c2=O)C(=O)c2ccccc2)cc1. The maximum Gasteiger partial charge on any atom is 0.258 e. The zero-order valence-electron chi connectivity index (χ0n) is 16.7. The summed E-state index contributed by atoms with van der Waals surface area (Å²) in [7, 11) is 0. The van der Waals surface area contributed by atoms with Crippen molar-refractivity contribution in [1.82, 2.24) is 4.98 Å². The fourth-order valence-corrected chi connectivity index (χ4v) is 3.39.